The first kappa shape index (κ1) is 15.5. The molecule has 5 heteroatoms. The van der Waals surface area contributed by atoms with Gasteiger partial charge in [-0.05, 0) is 52.7 Å². The van der Waals surface area contributed by atoms with Crippen molar-refractivity contribution in [1.82, 2.24) is 0 Å². The molecular formula is C16H14BrFO3. The quantitative estimate of drug-likeness (QED) is 0.775. The number of ketones is 1. The highest BCUT2D eigenvalue weighted by atomic mass is 79.9. The van der Waals surface area contributed by atoms with Gasteiger partial charge in [0.25, 0.3) is 0 Å². The first-order valence-corrected chi connectivity index (χ1v) is 6.99. The molecule has 0 bridgehead atoms. The van der Waals surface area contributed by atoms with Crippen molar-refractivity contribution >= 4 is 21.7 Å². The Hall–Kier alpha value is -1.88. The third-order valence-corrected chi connectivity index (χ3v) is 3.74. The molecule has 110 valence electrons. The van der Waals surface area contributed by atoms with Crippen LogP contribution in [0.4, 0.5) is 4.39 Å². The summed E-state index contributed by atoms with van der Waals surface area (Å²) in [5, 5.41) is 0. The van der Waals surface area contributed by atoms with E-state index in [0.717, 1.165) is 5.56 Å². The van der Waals surface area contributed by atoms with Crippen LogP contribution in [-0.4, -0.2) is 20.0 Å². The fraction of sp³-hybridized carbons (Fsp3) is 0.188. The van der Waals surface area contributed by atoms with Gasteiger partial charge in [0.15, 0.2) is 17.3 Å². The SMILES string of the molecule is COc1cc(Br)c(C(=O)c2ccc(C)cc2F)cc1OC. The fourth-order valence-corrected chi connectivity index (χ4v) is 2.48. The van der Waals surface area contributed by atoms with Crippen molar-refractivity contribution < 1.29 is 18.7 Å². The topological polar surface area (TPSA) is 35.5 Å². The van der Waals surface area contributed by atoms with E-state index in [-0.39, 0.29) is 5.56 Å². The van der Waals surface area contributed by atoms with Gasteiger partial charge in [-0.15, -0.1) is 0 Å². The van der Waals surface area contributed by atoms with Crippen LogP contribution in [0.15, 0.2) is 34.8 Å². The highest BCUT2D eigenvalue weighted by Gasteiger charge is 2.19. The van der Waals surface area contributed by atoms with E-state index >= 15 is 0 Å². The van der Waals surface area contributed by atoms with Gasteiger partial charge in [-0.25, -0.2) is 4.39 Å². The van der Waals surface area contributed by atoms with Gasteiger partial charge in [-0.1, -0.05) is 6.07 Å². The van der Waals surface area contributed by atoms with Crippen molar-refractivity contribution in [3.8, 4) is 11.5 Å². The maximum Gasteiger partial charge on any atom is 0.197 e. The van der Waals surface area contributed by atoms with Crippen molar-refractivity contribution in [2.24, 2.45) is 0 Å². The minimum absolute atomic E-state index is 0.0218. The summed E-state index contributed by atoms with van der Waals surface area (Å²) in [4.78, 5) is 12.5. The molecule has 2 rings (SSSR count). The highest BCUT2D eigenvalue weighted by Crippen LogP contribution is 2.34. The van der Waals surface area contributed by atoms with Crippen molar-refractivity contribution in [3.63, 3.8) is 0 Å². The van der Waals surface area contributed by atoms with Crippen LogP contribution in [0.5, 0.6) is 11.5 Å². The van der Waals surface area contributed by atoms with E-state index in [1.807, 2.05) is 0 Å². The Balaban J connectivity index is 2.53. The molecular weight excluding hydrogens is 339 g/mol. The van der Waals surface area contributed by atoms with E-state index in [4.69, 9.17) is 9.47 Å². The second kappa shape index (κ2) is 6.26. The lowest BCUT2D eigenvalue weighted by atomic mass is 10.0. The predicted molar refractivity (Wildman–Crippen MR) is 81.8 cm³/mol. The number of ether oxygens (including phenoxy) is 2. The fourth-order valence-electron chi connectivity index (χ4n) is 1.98. The highest BCUT2D eigenvalue weighted by molar-refractivity contribution is 9.10. The van der Waals surface area contributed by atoms with Crippen molar-refractivity contribution in [1.29, 1.82) is 0 Å². The Morgan fingerprint density at radius 1 is 1.05 bits per heavy atom. The molecule has 0 heterocycles. The third kappa shape index (κ3) is 3.08. The summed E-state index contributed by atoms with van der Waals surface area (Å²) in [7, 11) is 2.98. The largest absolute Gasteiger partial charge is 0.493 e. The number of methoxy groups -OCH3 is 2. The summed E-state index contributed by atoms with van der Waals surface area (Å²) in [6.45, 7) is 1.77. The van der Waals surface area contributed by atoms with Crippen LogP contribution in [-0.2, 0) is 0 Å². The number of benzene rings is 2. The van der Waals surface area contributed by atoms with E-state index in [2.05, 4.69) is 15.9 Å². The standard InChI is InChI=1S/C16H14BrFO3/c1-9-4-5-10(13(18)6-9)16(19)11-7-14(20-2)15(21-3)8-12(11)17/h4-8H,1-3H3. The van der Waals surface area contributed by atoms with Gasteiger partial charge in [-0.3, -0.25) is 4.79 Å². The second-order valence-electron chi connectivity index (χ2n) is 4.50. The Kier molecular flexibility index (Phi) is 4.63. The Bertz CT molecular complexity index is 698. The van der Waals surface area contributed by atoms with E-state index in [0.29, 0.717) is 21.5 Å². The van der Waals surface area contributed by atoms with Crippen molar-refractivity contribution in [3.05, 3.63) is 57.3 Å². The van der Waals surface area contributed by atoms with Gasteiger partial charge in [0.2, 0.25) is 0 Å². The minimum Gasteiger partial charge on any atom is -0.493 e. The van der Waals surface area contributed by atoms with E-state index in [1.54, 1.807) is 19.1 Å². The van der Waals surface area contributed by atoms with E-state index in [9.17, 15) is 9.18 Å². The molecule has 0 radical (unpaired) electrons. The van der Waals surface area contributed by atoms with Gasteiger partial charge in [0.1, 0.15) is 5.82 Å². The monoisotopic (exact) mass is 352 g/mol. The lowest BCUT2D eigenvalue weighted by molar-refractivity contribution is 0.103. The average Bonchev–Trinajstić information content (AvgIpc) is 2.46. The van der Waals surface area contributed by atoms with Crippen LogP contribution in [0.2, 0.25) is 0 Å². The number of carbonyl (C=O) groups excluding carboxylic acids is 1. The second-order valence-corrected chi connectivity index (χ2v) is 5.35. The molecule has 0 amide bonds. The molecule has 21 heavy (non-hydrogen) atoms. The first-order valence-electron chi connectivity index (χ1n) is 6.20. The lowest BCUT2D eigenvalue weighted by Gasteiger charge is -2.11. The van der Waals surface area contributed by atoms with Crippen LogP contribution >= 0.6 is 15.9 Å². The smallest absolute Gasteiger partial charge is 0.197 e. The number of rotatable bonds is 4. The van der Waals surface area contributed by atoms with Crippen LogP contribution in [0, 0.1) is 12.7 Å². The molecule has 0 unspecified atom stereocenters. The minimum atomic E-state index is -0.540. The zero-order chi connectivity index (χ0) is 15.6. The Morgan fingerprint density at radius 2 is 1.67 bits per heavy atom. The van der Waals surface area contributed by atoms with Crippen LogP contribution in [0.25, 0.3) is 0 Å². The van der Waals surface area contributed by atoms with E-state index in [1.165, 1.54) is 32.4 Å². The molecule has 3 nitrogen and oxygen atoms in total. The van der Waals surface area contributed by atoms with Crippen molar-refractivity contribution in [2.75, 3.05) is 14.2 Å². The maximum atomic E-state index is 14.0. The molecule has 0 aromatic heterocycles. The molecule has 0 aliphatic heterocycles. The molecule has 0 atom stereocenters. The van der Waals surface area contributed by atoms with E-state index < -0.39 is 11.6 Å². The maximum absolute atomic E-state index is 14.0. The Morgan fingerprint density at radius 3 is 2.24 bits per heavy atom. The number of carbonyl (C=O) groups is 1. The number of halogens is 2. The zero-order valence-electron chi connectivity index (χ0n) is 11.9. The summed E-state index contributed by atoms with van der Waals surface area (Å²) in [6, 6.07) is 7.67. The number of hydrogen-bond donors (Lipinski definition) is 0. The van der Waals surface area contributed by atoms with Gasteiger partial charge in [0, 0.05) is 10.0 Å². The third-order valence-electron chi connectivity index (χ3n) is 3.09. The molecule has 0 saturated heterocycles. The number of hydrogen-bond acceptors (Lipinski definition) is 3. The van der Waals surface area contributed by atoms with Crippen molar-refractivity contribution in [2.45, 2.75) is 6.92 Å². The summed E-state index contributed by atoms with van der Waals surface area (Å²) in [5.41, 5.74) is 1.10. The predicted octanol–water partition coefficient (Wildman–Crippen LogP) is 4.14. The molecule has 0 fully saturated rings. The number of aryl methyl sites for hydroxylation is 1. The molecule has 2 aromatic rings. The average molecular weight is 353 g/mol. The van der Waals surface area contributed by atoms with Crippen LogP contribution in [0.3, 0.4) is 0 Å². The summed E-state index contributed by atoms with van der Waals surface area (Å²) >= 11 is 3.31. The Labute approximate surface area is 130 Å². The van der Waals surface area contributed by atoms with Crippen LogP contribution < -0.4 is 9.47 Å². The summed E-state index contributed by atoms with van der Waals surface area (Å²) < 4.78 is 24.8. The molecule has 2 aromatic carbocycles. The molecule has 0 saturated carbocycles. The summed E-state index contributed by atoms with van der Waals surface area (Å²) in [6.07, 6.45) is 0. The lowest BCUT2D eigenvalue weighted by Crippen LogP contribution is -2.06. The molecule has 0 aliphatic carbocycles. The van der Waals surface area contributed by atoms with Gasteiger partial charge >= 0.3 is 0 Å². The molecule has 0 aliphatic rings. The van der Waals surface area contributed by atoms with Gasteiger partial charge in [0.05, 0.1) is 19.8 Å². The summed E-state index contributed by atoms with van der Waals surface area (Å²) in [5.74, 6) is -0.0520. The zero-order valence-corrected chi connectivity index (χ0v) is 13.5. The van der Waals surface area contributed by atoms with Crippen LogP contribution in [0.1, 0.15) is 21.5 Å². The molecule has 0 spiro atoms. The normalized spacial score (nSPS) is 10.3. The first-order chi connectivity index (χ1) is 9.97. The molecule has 0 N–H and O–H groups in total. The van der Waals surface area contributed by atoms with Gasteiger partial charge in [-0.2, -0.15) is 0 Å². The van der Waals surface area contributed by atoms with Gasteiger partial charge < -0.3 is 9.47 Å².